The van der Waals surface area contributed by atoms with Crippen LogP contribution in [0.1, 0.15) is 72.3 Å². The van der Waals surface area contributed by atoms with Gasteiger partial charge in [0.15, 0.2) is 23.9 Å². The minimum atomic E-state index is -4.53. The number of piperidine rings is 1. The van der Waals surface area contributed by atoms with Gasteiger partial charge in [0.05, 0.1) is 24.2 Å². The van der Waals surface area contributed by atoms with Gasteiger partial charge in [-0.15, -0.1) is 0 Å². The minimum absolute atomic E-state index is 0.0202. The van der Waals surface area contributed by atoms with Crippen LogP contribution >= 0.6 is 23.2 Å². The van der Waals surface area contributed by atoms with Crippen molar-refractivity contribution in [1.82, 2.24) is 9.62 Å². The van der Waals surface area contributed by atoms with Crippen LogP contribution in [0.4, 0.5) is 8.78 Å². The summed E-state index contributed by atoms with van der Waals surface area (Å²) >= 11 is 12.8. The van der Waals surface area contributed by atoms with Crippen molar-refractivity contribution >= 4 is 45.2 Å². The van der Waals surface area contributed by atoms with Gasteiger partial charge in [-0.05, 0) is 97.8 Å². The zero-order valence-electron chi connectivity index (χ0n) is 33.0. The zero-order chi connectivity index (χ0) is 43.1. The lowest BCUT2D eigenvalue weighted by Crippen LogP contribution is -2.46. The Balaban J connectivity index is 1.29. The lowest BCUT2D eigenvalue weighted by atomic mass is 9.95. The molecule has 2 fully saturated rings. The van der Waals surface area contributed by atoms with Gasteiger partial charge in [0.1, 0.15) is 34.0 Å². The molecule has 2 heterocycles. The second-order valence-electron chi connectivity index (χ2n) is 14.7. The highest BCUT2D eigenvalue weighted by Crippen LogP contribution is 2.38. The number of aromatic nitrogens is 1. The molecule has 0 bridgehead atoms. The molecular weight excluding hydrogens is 847 g/mol. The van der Waals surface area contributed by atoms with Crippen molar-refractivity contribution in [3.8, 4) is 17.2 Å². The number of likely N-dealkylation sites (N-methyl/N-ethyl adjacent to an activating group) is 1. The number of esters is 2. The standard InChI is InChI=1S/C42H45Cl2F2N3O10S/c1-4-48-17-16-25(2)38(23-48)58-41(51)39(27-10-13-30(55-3)14-11-27)47-60(53,54)31-7-5-6-29(18-31)40(50)57-36(20-32-33(43)21-49(52)22-34(32)44)28-12-15-35(59-42(45)46)37(19-28)56-24-26-8-9-26/h5-7,10-15,18-19,21-22,25-26,36,38-39,42,47H,4,8-9,16-17,20,23-24H2,1-3H3/t25?,36-,38-,39?/m0/s1. The van der Waals surface area contributed by atoms with E-state index in [1.54, 1.807) is 24.3 Å². The van der Waals surface area contributed by atoms with Crippen LogP contribution in [0.5, 0.6) is 17.2 Å². The Kier molecular flexibility index (Phi) is 14.8. The molecule has 6 rings (SSSR count). The van der Waals surface area contributed by atoms with Gasteiger partial charge in [-0.3, -0.25) is 4.90 Å². The molecule has 1 N–H and O–H groups in total. The van der Waals surface area contributed by atoms with Gasteiger partial charge in [0, 0.05) is 18.5 Å². The molecule has 13 nitrogen and oxygen atoms in total. The summed E-state index contributed by atoms with van der Waals surface area (Å²) in [7, 11) is -3.05. The number of hydrogen-bond acceptors (Lipinski definition) is 11. The first-order valence-corrected chi connectivity index (χ1v) is 21.6. The maximum absolute atomic E-state index is 14.1. The first kappa shape index (κ1) is 44.8. The average molecular weight is 893 g/mol. The second kappa shape index (κ2) is 19.8. The van der Waals surface area contributed by atoms with Gasteiger partial charge >= 0.3 is 18.6 Å². The molecule has 1 saturated carbocycles. The first-order chi connectivity index (χ1) is 28.6. The Hall–Kier alpha value is -4.74. The minimum Gasteiger partial charge on any atom is -0.619 e. The van der Waals surface area contributed by atoms with Crippen molar-refractivity contribution in [2.75, 3.05) is 33.4 Å². The van der Waals surface area contributed by atoms with Crippen molar-refractivity contribution in [3.05, 3.63) is 117 Å². The fourth-order valence-corrected chi connectivity index (χ4v) is 8.49. The Morgan fingerprint density at radius 2 is 1.68 bits per heavy atom. The van der Waals surface area contributed by atoms with Crippen LogP contribution in [0, 0.1) is 17.0 Å². The smallest absolute Gasteiger partial charge is 0.387 e. The highest BCUT2D eigenvalue weighted by Gasteiger charge is 2.35. The third kappa shape index (κ3) is 11.5. The Morgan fingerprint density at radius 1 is 0.983 bits per heavy atom. The Bertz CT molecular complexity index is 2240. The monoisotopic (exact) mass is 891 g/mol. The number of carbonyl (C=O) groups excluding carboxylic acids is 2. The van der Waals surface area contributed by atoms with E-state index in [1.165, 1.54) is 43.5 Å². The summed E-state index contributed by atoms with van der Waals surface area (Å²) in [4.78, 5) is 29.6. The third-order valence-electron chi connectivity index (χ3n) is 10.4. The van der Waals surface area contributed by atoms with Gasteiger partial charge in [0.2, 0.25) is 10.0 Å². The molecule has 1 aliphatic heterocycles. The van der Waals surface area contributed by atoms with Crippen LogP contribution in [0.2, 0.25) is 10.0 Å². The Labute approximate surface area is 357 Å². The number of hydrogen-bond donors (Lipinski definition) is 1. The van der Waals surface area contributed by atoms with Gasteiger partial charge in [-0.2, -0.15) is 18.2 Å². The fraction of sp³-hybridized carbons (Fsp3) is 0.405. The van der Waals surface area contributed by atoms with E-state index in [9.17, 15) is 32.0 Å². The molecule has 60 heavy (non-hydrogen) atoms. The summed E-state index contributed by atoms with van der Waals surface area (Å²) in [5.74, 6) is -1.25. The summed E-state index contributed by atoms with van der Waals surface area (Å²) in [5.41, 5.74) is 0.610. The van der Waals surface area contributed by atoms with Crippen molar-refractivity contribution in [3.63, 3.8) is 0 Å². The highest BCUT2D eigenvalue weighted by atomic mass is 35.5. The number of ether oxygens (including phenoxy) is 5. The van der Waals surface area contributed by atoms with Crippen LogP contribution in [-0.4, -0.2) is 71.3 Å². The lowest BCUT2D eigenvalue weighted by Gasteiger charge is -2.36. The number of rotatable bonds is 18. The van der Waals surface area contributed by atoms with E-state index in [1.807, 2.05) is 13.8 Å². The van der Waals surface area contributed by atoms with Crippen LogP contribution < -0.4 is 23.7 Å². The zero-order valence-corrected chi connectivity index (χ0v) is 35.4. The van der Waals surface area contributed by atoms with Gasteiger partial charge in [0.25, 0.3) is 0 Å². The average Bonchev–Trinajstić information content (AvgIpc) is 4.06. The molecule has 2 unspecified atom stereocenters. The molecule has 4 aromatic rings. The van der Waals surface area contributed by atoms with Gasteiger partial charge in [-0.25, -0.2) is 18.0 Å². The molecule has 2 aliphatic rings. The number of sulfonamides is 1. The topological polar surface area (TPSA) is 157 Å². The number of alkyl halides is 2. The molecule has 322 valence electrons. The van der Waals surface area contributed by atoms with Gasteiger partial charge in [-0.1, -0.05) is 61.3 Å². The molecule has 18 heteroatoms. The summed E-state index contributed by atoms with van der Waals surface area (Å²) in [6.07, 6.45) is 2.88. The van der Waals surface area contributed by atoms with Crippen molar-refractivity contribution in [2.45, 2.75) is 69.3 Å². The van der Waals surface area contributed by atoms with Crippen molar-refractivity contribution < 1.29 is 55.2 Å². The normalized spacial score (nSPS) is 18.1. The van der Waals surface area contributed by atoms with Crippen LogP contribution in [0.3, 0.4) is 0 Å². The van der Waals surface area contributed by atoms with E-state index in [2.05, 4.69) is 14.4 Å². The number of benzene rings is 3. The van der Waals surface area contributed by atoms with E-state index in [-0.39, 0.29) is 68.0 Å². The number of nitrogens with one attached hydrogen (secondary N) is 1. The van der Waals surface area contributed by atoms with Crippen molar-refractivity contribution in [2.24, 2.45) is 11.8 Å². The largest absolute Gasteiger partial charge is 0.619 e. The van der Waals surface area contributed by atoms with Crippen LogP contribution in [0.15, 0.2) is 84.0 Å². The predicted octanol–water partition coefficient (Wildman–Crippen LogP) is 7.46. The number of pyridine rings is 1. The summed E-state index contributed by atoms with van der Waals surface area (Å²) in [5, 5.41) is 11.9. The highest BCUT2D eigenvalue weighted by molar-refractivity contribution is 7.89. The van der Waals surface area contributed by atoms with E-state index < -0.39 is 46.8 Å². The van der Waals surface area contributed by atoms with E-state index in [4.69, 9.17) is 42.1 Å². The SMILES string of the molecule is CCN1CCC(C)[C@@H](OC(=O)C(NS(=O)(=O)c2cccc(C(=O)O[C@@H](Cc3c(Cl)c[n+]([O-])cc3Cl)c3ccc(OC(F)F)c(OCC4CC4)c3)c2)c2ccc(OC)cc2)C1. The molecule has 1 aliphatic carbocycles. The van der Waals surface area contributed by atoms with Crippen LogP contribution in [-0.2, 0) is 30.7 Å². The fourth-order valence-electron chi connectivity index (χ4n) is 6.68. The third-order valence-corrected chi connectivity index (χ3v) is 12.5. The van der Waals surface area contributed by atoms with E-state index >= 15 is 0 Å². The maximum Gasteiger partial charge on any atom is 0.387 e. The molecule has 1 aromatic heterocycles. The quantitative estimate of drug-likeness (QED) is 0.0601. The molecular formula is C42H45Cl2F2N3O10S. The first-order valence-electron chi connectivity index (χ1n) is 19.3. The predicted molar refractivity (Wildman–Crippen MR) is 217 cm³/mol. The van der Waals surface area contributed by atoms with E-state index in [0.29, 0.717) is 22.6 Å². The van der Waals surface area contributed by atoms with E-state index in [0.717, 1.165) is 50.8 Å². The van der Waals surface area contributed by atoms with Gasteiger partial charge < -0.3 is 28.9 Å². The number of nitrogens with zero attached hydrogens (tertiary/aromatic N) is 2. The molecule has 4 atom stereocenters. The summed E-state index contributed by atoms with van der Waals surface area (Å²) < 4.78 is 85.5. The summed E-state index contributed by atoms with van der Waals surface area (Å²) in [6.45, 7) is 3.22. The molecule has 0 amide bonds. The maximum atomic E-state index is 14.1. The van der Waals surface area contributed by atoms with Crippen molar-refractivity contribution in [1.29, 1.82) is 0 Å². The molecule has 0 spiro atoms. The lowest BCUT2D eigenvalue weighted by molar-refractivity contribution is -0.605. The number of halogens is 4. The number of methoxy groups -OCH3 is 1. The Morgan fingerprint density at radius 3 is 2.33 bits per heavy atom. The molecule has 3 aromatic carbocycles. The number of likely N-dealkylation sites (tertiary alicyclic amines) is 1. The molecule has 1 saturated heterocycles. The second-order valence-corrected chi connectivity index (χ2v) is 17.2. The number of carbonyl (C=O) groups is 2. The summed E-state index contributed by atoms with van der Waals surface area (Å²) in [6, 6.07) is 13.9. The molecule has 0 radical (unpaired) electrons. The van der Waals surface area contributed by atoms with Crippen LogP contribution in [0.25, 0.3) is 0 Å².